The van der Waals surface area contributed by atoms with E-state index in [0.29, 0.717) is 22.2 Å². The molecular formula is C17H19N9O6S2. The number of β-lactam (4-membered cyclic amide) rings is 1. The summed E-state index contributed by atoms with van der Waals surface area (Å²) in [6, 6.07) is -0.583. The van der Waals surface area contributed by atoms with E-state index in [1.54, 1.807) is 14.0 Å². The topological polar surface area (TPSA) is 191 Å². The summed E-state index contributed by atoms with van der Waals surface area (Å²) in [6.45, 7) is 3.09. The van der Waals surface area contributed by atoms with Gasteiger partial charge in [-0.05, 0) is 34.8 Å². The second kappa shape index (κ2) is 9.05. The summed E-state index contributed by atoms with van der Waals surface area (Å²) in [5, 5.41) is 38.2. The molecule has 0 aliphatic carbocycles. The number of nitrogens with one attached hydrogen (secondary N) is 1. The van der Waals surface area contributed by atoms with Crippen LogP contribution in [0.4, 0.5) is 5.82 Å². The van der Waals surface area contributed by atoms with Gasteiger partial charge in [0.1, 0.15) is 23.2 Å². The van der Waals surface area contributed by atoms with E-state index in [4.69, 9.17) is 0 Å². The standard InChI is InChI=1S/C17H19N9O6S2/c1-7-4-10(26(31)32)20-25(7)8(2)13(27)18-11-14(28)24-12(16(29)30)9(5-33-15(11)24)6-34-17-19-21-22-23(17)3/h4,8,11,15H,5-6H2,1-3H3,(H,18,27)(H,29,30)/t8-,11-,15+/m1/s1. The molecule has 0 aromatic carbocycles. The minimum Gasteiger partial charge on any atom is -0.477 e. The van der Waals surface area contributed by atoms with Crippen molar-refractivity contribution in [2.75, 3.05) is 11.5 Å². The fourth-order valence-corrected chi connectivity index (χ4v) is 5.96. The third-order valence-electron chi connectivity index (χ3n) is 5.35. The Hall–Kier alpha value is -3.47. The number of carbonyl (C=O) groups is 3. The molecule has 2 aromatic rings. The molecule has 4 rings (SSSR count). The molecule has 2 N–H and O–H groups in total. The van der Waals surface area contributed by atoms with Gasteiger partial charge in [0.05, 0.1) is 16.9 Å². The number of carboxylic acid groups (broad SMARTS) is 1. The number of nitrogens with zero attached hydrogens (tertiary/aromatic N) is 8. The summed E-state index contributed by atoms with van der Waals surface area (Å²) in [5.41, 5.74) is 0.862. The number of hydrogen-bond acceptors (Lipinski definition) is 11. The predicted molar refractivity (Wildman–Crippen MR) is 118 cm³/mol. The van der Waals surface area contributed by atoms with Crippen LogP contribution in [-0.2, 0) is 21.4 Å². The summed E-state index contributed by atoms with van der Waals surface area (Å²) >= 11 is 2.60. The lowest BCUT2D eigenvalue weighted by Crippen LogP contribution is -2.71. The Morgan fingerprint density at radius 2 is 2.21 bits per heavy atom. The summed E-state index contributed by atoms with van der Waals surface area (Å²) < 4.78 is 2.67. The molecule has 3 atom stereocenters. The van der Waals surface area contributed by atoms with Crippen molar-refractivity contribution < 1.29 is 24.4 Å². The molecule has 0 unspecified atom stereocenters. The molecule has 2 aliphatic heterocycles. The predicted octanol–water partition coefficient (Wildman–Crippen LogP) is -0.285. The van der Waals surface area contributed by atoms with E-state index in [-0.39, 0.29) is 17.3 Å². The maximum absolute atomic E-state index is 12.8. The van der Waals surface area contributed by atoms with Crippen LogP contribution in [0.15, 0.2) is 22.5 Å². The van der Waals surface area contributed by atoms with E-state index in [2.05, 4.69) is 25.9 Å². The van der Waals surface area contributed by atoms with Gasteiger partial charge >= 0.3 is 11.8 Å². The number of nitro groups is 1. The number of rotatable bonds is 8. The van der Waals surface area contributed by atoms with Crippen LogP contribution in [0.5, 0.6) is 0 Å². The first kappa shape index (κ1) is 23.7. The van der Waals surface area contributed by atoms with Crippen LogP contribution < -0.4 is 5.32 Å². The van der Waals surface area contributed by atoms with Crippen molar-refractivity contribution in [3.8, 4) is 0 Å². The summed E-state index contributed by atoms with van der Waals surface area (Å²) in [6.07, 6.45) is 0. The van der Waals surface area contributed by atoms with Crippen molar-refractivity contribution in [2.24, 2.45) is 7.05 Å². The highest BCUT2D eigenvalue weighted by molar-refractivity contribution is 8.01. The zero-order chi connectivity index (χ0) is 24.7. The minimum atomic E-state index is -1.23. The van der Waals surface area contributed by atoms with E-state index in [0.717, 1.165) is 0 Å². The molecule has 0 saturated carbocycles. The minimum absolute atomic E-state index is 0.103. The van der Waals surface area contributed by atoms with Crippen molar-refractivity contribution in [2.45, 2.75) is 36.5 Å². The van der Waals surface area contributed by atoms with Crippen LogP contribution >= 0.6 is 23.5 Å². The molecule has 2 aromatic heterocycles. The van der Waals surface area contributed by atoms with E-state index >= 15 is 0 Å². The van der Waals surface area contributed by atoms with E-state index in [9.17, 15) is 29.6 Å². The molecule has 1 saturated heterocycles. The fraction of sp³-hybridized carbons (Fsp3) is 0.471. The molecular weight excluding hydrogens is 490 g/mol. The number of tetrazole rings is 1. The molecule has 34 heavy (non-hydrogen) atoms. The van der Waals surface area contributed by atoms with Crippen molar-refractivity contribution in [1.82, 2.24) is 40.2 Å². The fourth-order valence-electron chi connectivity index (χ4n) is 3.63. The number of thioether (sulfide) groups is 2. The Morgan fingerprint density at radius 3 is 2.79 bits per heavy atom. The molecule has 0 radical (unpaired) electrons. The van der Waals surface area contributed by atoms with Gasteiger partial charge in [-0.2, -0.15) is 4.68 Å². The van der Waals surface area contributed by atoms with Crippen molar-refractivity contribution in [1.29, 1.82) is 0 Å². The number of amides is 2. The number of aryl methyl sites for hydroxylation is 2. The Morgan fingerprint density at radius 1 is 1.47 bits per heavy atom. The van der Waals surface area contributed by atoms with Crippen LogP contribution in [0.1, 0.15) is 18.7 Å². The summed E-state index contributed by atoms with van der Waals surface area (Å²) in [7, 11) is 1.66. The van der Waals surface area contributed by atoms with Crippen LogP contribution in [-0.4, -0.2) is 85.6 Å². The summed E-state index contributed by atoms with van der Waals surface area (Å²) in [4.78, 5) is 49.1. The molecule has 4 heterocycles. The van der Waals surface area contributed by atoms with E-state index < -0.39 is 40.2 Å². The van der Waals surface area contributed by atoms with Crippen molar-refractivity contribution >= 4 is 47.1 Å². The molecule has 0 bridgehead atoms. The largest absolute Gasteiger partial charge is 0.477 e. The maximum atomic E-state index is 12.8. The zero-order valence-corrected chi connectivity index (χ0v) is 19.7. The molecule has 15 nitrogen and oxygen atoms in total. The van der Waals surface area contributed by atoms with Gasteiger partial charge in [0, 0.05) is 18.6 Å². The van der Waals surface area contributed by atoms with Gasteiger partial charge in [0.25, 0.3) is 5.91 Å². The Labute approximate surface area is 200 Å². The SMILES string of the molecule is Cc1cc([N+](=O)[O-])nn1[C@H](C)C(=O)N[C@@H]1C(=O)N2C(C(=O)O)=C(CSc3nnnn3C)CS[C@@H]12. The average Bonchev–Trinajstić information content (AvgIpc) is 3.39. The molecule has 17 heteroatoms. The highest BCUT2D eigenvalue weighted by Crippen LogP contribution is 2.41. The smallest absolute Gasteiger partial charge is 0.390 e. The Balaban J connectivity index is 1.46. The third-order valence-corrected chi connectivity index (χ3v) is 7.78. The number of aliphatic carboxylic acids is 1. The average molecular weight is 510 g/mol. The Kier molecular flexibility index (Phi) is 6.30. The van der Waals surface area contributed by atoms with E-state index in [1.165, 1.54) is 50.8 Å². The quantitative estimate of drug-likeness (QED) is 0.205. The third kappa shape index (κ3) is 4.11. The molecule has 0 spiro atoms. The normalized spacial score (nSPS) is 20.6. The number of carboxylic acids is 1. The van der Waals surface area contributed by atoms with Gasteiger partial charge in [-0.25, -0.2) is 9.48 Å². The lowest BCUT2D eigenvalue weighted by atomic mass is 10.0. The lowest BCUT2D eigenvalue weighted by Gasteiger charge is -2.49. The molecule has 180 valence electrons. The first-order valence-corrected chi connectivity index (χ1v) is 11.9. The number of carbonyl (C=O) groups excluding carboxylic acids is 2. The maximum Gasteiger partial charge on any atom is 0.390 e. The van der Waals surface area contributed by atoms with Crippen LogP contribution in [0.3, 0.4) is 0 Å². The van der Waals surface area contributed by atoms with Crippen LogP contribution in [0.2, 0.25) is 0 Å². The van der Waals surface area contributed by atoms with Crippen LogP contribution in [0.25, 0.3) is 0 Å². The second-order valence-electron chi connectivity index (χ2n) is 7.55. The monoisotopic (exact) mass is 509 g/mol. The van der Waals surface area contributed by atoms with Crippen LogP contribution in [0, 0.1) is 17.0 Å². The van der Waals surface area contributed by atoms with Gasteiger partial charge in [-0.1, -0.05) is 11.8 Å². The van der Waals surface area contributed by atoms with Gasteiger partial charge in [0.2, 0.25) is 11.1 Å². The summed E-state index contributed by atoms with van der Waals surface area (Å²) in [5.74, 6) is -2.09. The van der Waals surface area contributed by atoms with Gasteiger partial charge < -0.3 is 20.5 Å². The number of hydrogen-bond donors (Lipinski definition) is 2. The number of aromatic nitrogens is 6. The highest BCUT2D eigenvalue weighted by Gasteiger charge is 2.54. The molecule has 2 aliphatic rings. The van der Waals surface area contributed by atoms with Gasteiger partial charge in [0.15, 0.2) is 0 Å². The van der Waals surface area contributed by atoms with Crippen molar-refractivity contribution in [3.63, 3.8) is 0 Å². The van der Waals surface area contributed by atoms with Gasteiger partial charge in [-0.3, -0.25) is 14.5 Å². The zero-order valence-electron chi connectivity index (χ0n) is 18.1. The first-order valence-electron chi connectivity index (χ1n) is 9.86. The van der Waals surface area contributed by atoms with Gasteiger partial charge in [-0.15, -0.1) is 16.9 Å². The molecule has 1 fully saturated rings. The molecule has 2 amide bonds. The first-order chi connectivity index (χ1) is 16.1. The van der Waals surface area contributed by atoms with Crippen molar-refractivity contribution in [3.05, 3.63) is 33.1 Å². The van der Waals surface area contributed by atoms with E-state index in [1.807, 2.05) is 0 Å². The highest BCUT2D eigenvalue weighted by atomic mass is 32.2. The number of fused-ring (bicyclic) bond motifs is 1. The lowest BCUT2D eigenvalue weighted by molar-refractivity contribution is -0.389. The Bertz CT molecular complexity index is 1220. The second-order valence-corrected chi connectivity index (χ2v) is 9.60.